The molecule has 118 valence electrons. The van der Waals surface area contributed by atoms with Crippen LogP contribution in [0.15, 0.2) is 42.5 Å². The average molecular weight is 307 g/mol. The SMILES string of the molecule is COc1ccc(CN2CCc3cc(C4CC4)ccc3C2=O)cc1. The zero-order valence-corrected chi connectivity index (χ0v) is 13.4. The van der Waals surface area contributed by atoms with Crippen molar-refractivity contribution < 1.29 is 9.53 Å². The molecule has 0 bridgehead atoms. The molecule has 3 nitrogen and oxygen atoms in total. The summed E-state index contributed by atoms with van der Waals surface area (Å²) >= 11 is 0. The van der Waals surface area contributed by atoms with E-state index in [0.29, 0.717) is 6.54 Å². The van der Waals surface area contributed by atoms with Crippen LogP contribution >= 0.6 is 0 Å². The number of carbonyl (C=O) groups excluding carboxylic acids is 1. The summed E-state index contributed by atoms with van der Waals surface area (Å²) in [5, 5.41) is 0. The van der Waals surface area contributed by atoms with Crippen LogP contribution < -0.4 is 4.74 Å². The molecule has 0 N–H and O–H groups in total. The zero-order chi connectivity index (χ0) is 15.8. The van der Waals surface area contributed by atoms with Gasteiger partial charge in [0.25, 0.3) is 5.91 Å². The number of amides is 1. The van der Waals surface area contributed by atoms with Crippen molar-refractivity contribution in [2.75, 3.05) is 13.7 Å². The molecule has 2 aliphatic rings. The molecule has 1 aliphatic heterocycles. The summed E-state index contributed by atoms with van der Waals surface area (Å²) in [5.41, 5.74) is 4.66. The molecule has 23 heavy (non-hydrogen) atoms. The lowest BCUT2D eigenvalue weighted by molar-refractivity contribution is 0.0727. The van der Waals surface area contributed by atoms with E-state index < -0.39 is 0 Å². The Labute approximate surface area is 136 Å². The lowest BCUT2D eigenvalue weighted by Crippen LogP contribution is -2.37. The van der Waals surface area contributed by atoms with Gasteiger partial charge in [0.1, 0.15) is 5.75 Å². The van der Waals surface area contributed by atoms with E-state index in [1.165, 1.54) is 24.0 Å². The second kappa shape index (κ2) is 5.73. The Bertz CT molecular complexity index is 732. The van der Waals surface area contributed by atoms with Gasteiger partial charge in [-0.2, -0.15) is 0 Å². The minimum absolute atomic E-state index is 0.157. The monoisotopic (exact) mass is 307 g/mol. The Kier molecular flexibility index (Phi) is 3.56. The number of ether oxygens (including phenoxy) is 1. The molecular weight excluding hydrogens is 286 g/mol. The zero-order valence-electron chi connectivity index (χ0n) is 13.4. The highest BCUT2D eigenvalue weighted by Gasteiger charge is 2.28. The van der Waals surface area contributed by atoms with Gasteiger partial charge >= 0.3 is 0 Å². The van der Waals surface area contributed by atoms with Gasteiger partial charge in [0, 0.05) is 18.7 Å². The van der Waals surface area contributed by atoms with Crippen LogP contribution in [0, 0.1) is 0 Å². The molecule has 0 unspecified atom stereocenters. The van der Waals surface area contributed by atoms with E-state index in [1.807, 2.05) is 35.2 Å². The van der Waals surface area contributed by atoms with Gasteiger partial charge in [-0.05, 0) is 60.1 Å². The van der Waals surface area contributed by atoms with Gasteiger partial charge in [-0.15, -0.1) is 0 Å². The van der Waals surface area contributed by atoms with Crippen molar-refractivity contribution in [1.82, 2.24) is 4.90 Å². The predicted molar refractivity (Wildman–Crippen MR) is 89.9 cm³/mol. The molecule has 0 spiro atoms. The number of methoxy groups -OCH3 is 1. The van der Waals surface area contributed by atoms with Crippen LogP contribution in [0.3, 0.4) is 0 Å². The molecule has 1 heterocycles. The largest absolute Gasteiger partial charge is 0.497 e. The molecule has 2 aromatic rings. The highest BCUT2D eigenvalue weighted by Crippen LogP contribution is 2.41. The molecule has 1 fully saturated rings. The molecule has 1 amide bonds. The van der Waals surface area contributed by atoms with Crippen LogP contribution in [0.25, 0.3) is 0 Å². The summed E-state index contributed by atoms with van der Waals surface area (Å²) in [6.45, 7) is 1.46. The molecule has 0 radical (unpaired) electrons. The van der Waals surface area contributed by atoms with Crippen molar-refractivity contribution in [1.29, 1.82) is 0 Å². The van der Waals surface area contributed by atoms with Gasteiger partial charge in [0.15, 0.2) is 0 Å². The molecule has 3 heteroatoms. The van der Waals surface area contributed by atoms with Crippen LogP contribution in [-0.2, 0) is 13.0 Å². The Balaban J connectivity index is 1.52. The Hall–Kier alpha value is -2.29. The minimum atomic E-state index is 0.157. The molecule has 1 aliphatic carbocycles. The average Bonchev–Trinajstić information content (AvgIpc) is 3.43. The fraction of sp³-hybridized carbons (Fsp3) is 0.350. The van der Waals surface area contributed by atoms with E-state index in [2.05, 4.69) is 12.1 Å². The van der Waals surface area contributed by atoms with E-state index in [0.717, 1.165) is 35.8 Å². The van der Waals surface area contributed by atoms with Crippen LogP contribution in [0.5, 0.6) is 5.75 Å². The summed E-state index contributed by atoms with van der Waals surface area (Å²) in [7, 11) is 1.66. The highest BCUT2D eigenvalue weighted by atomic mass is 16.5. The van der Waals surface area contributed by atoms with Crippen LogP contribution in [0.2, 0.25) is 0 Å². The maximum Gasteiger partial charge on any atom is 0.254 e. The minimum Gasteiger partial charge on any atom is -0.497 e. The molecule has 0 aromatic heterocycles. The van der Waals surface area contributed by atoms with Gasteiger partial charge < -0.3 is 9.64 Å². The van der Waals surface area contributed by atoms with E-state index in [-0.39, 0.29) is 5.91 Å². The number of fused-ring (bicyclic) bond motifs is 1. The lowest BCUT2D eigenvalue weighted by Gasteiger charge is -2.29. The molecule has 0 saturated heterocycles. The van der Waals surface area contributed by atoms with E-state index in [4.69, 9.17) is 4.74 Å². The summed E-state index contributed by atoms with van der Waals surface area (Å²) < 4.78 is 5.18. The number of hydrogen-bond donors (Lipinski definition) is 0. The Morgan fingerprint density at radius 2 is 1.91 bits per heavy atom. The first kappa shape index (κ1) is 14.3. The number of rotatable bonds is 4. The lowest BCUT2D eigenvalue weighted by atomic mass is 9.95. The smallest absolute Gasteiger partial charge is 0.254 e. The molecule has 2 aromatic carbocycles. The van der Waals surface area contributed by atoms with Crippen molar-refractivity contribution in [3.63, 3.8) is 0 Å². The number of hydrogen-bond acceptors (Lipinski definition) is 2. The fourth-order valence-electron chi connectivity index (χ4n) is 3.33. The predicted octanol–water partition coefficient (Wildman–Crippen LogP) is 3.77. The Morgan fingerprint density at radius 3 is 2.61 bits per heavy atom. The maximum absolute atomic E-state index is 12.7. The highest BCUT2D eigenvalue weighted by molar-refractivity contribution is 5.96. The van der Waals surface area contributed by atoms with Crippen molar-refractivity contribution in [2.24, 2.45) is 0 Å². The first-order valence-corrected chi connectivity index (χ1v) is 8.29. The standard InChI is InChI=1S/C20H21NO2/c1-23-18-7-2-14(3-8-18)13-21-11-10-17-12-16(15-4-5-15)6-9-19(17)20(21)22/h2-3,6-9,12,15H,4-5,10-11,13H2,1H3. The summed E-state index contributed by atoms with van der Waals surface area (Å²) in [6, 6.07) is 14.4. The van der Waals surface area contributed by atoms with Gasteiger partial charge in [0.2, 0.25) is 0 Å². The summed E-state index contributed by atoms with van der Waals surface area (Å²) in [4.78, 5) is 14.7. The third-order valence-electron chi connectivity index (χ3n) is 4.88. The third kappa shape index (κ3) is 2.83. The van der Waals surface area contributed by atoms with Crippen LogP contribution in [-0.4, -0.2) is 24.5 Å². The quantitative estimate of drug-likeness (QED) is 0.860. The molecule has 4 rings (SSSR count). The van der Waals surface area contributed by atoms with Crippen molar-refractivity contribution >= 4 is 5.91 Å². The Morgan fingerprint density at radius 1 is 1.13 bits per heavy atom. The molecule has 1 saturated carbocycles. The topological polar surface area (TPSA) is 29.5 Å². The van der Waals surface area contributed by atoms with Crippen LogP contribution in [0.4, 0.5) is 0 Å². The summed E-state index contributed by atoms with van der Waals surface area (Å²) in [5.74, 6) is 1.74. The van der Waals surface area contributed by atoms with Gasteiger partial charge in [-0.25, -0.2) is 0 Å². The van der Waals surface area contributed by atoms with E-state index >= 15 is 0 Å². The first-order valence-electron chi connectivity index (χ1n) is 8.29. The maximum atomic E-state index is 12.7. The van der Waals surface area contributed by atoms with Gasteiger partial charge in [-0.3, -0.25) is 4.79 Å². The van der Waals surface area contributed by atoms with Crippen molar-refractivity contribution in [3.05, 3.63) is 64.7 Å². The second-order valence-corrected chi connectivity index (χ2v) is 6.52. The fourth-order valence-corrected chi connectivity index (χ4v) is 3.33. The number of carbonyl (C=O) groups is 1. The van der Waals surface area contributed by atoms with Gasteiger partial charge in [-0.1, -0.05) is 24.3 Å². The summed E-state index contributed by atoms with van der Waals surface area (Å²) in [6.07, 6.45) is 3.56. The van der Waals surface area contributed by atoms with E-state index in [1.54, 1.807) is 7.11 Å². The number of nitrogens with zero attached hydrogens (tertiary/aromatic N) is 1. The normalized spacial score (nSPS) is 17.1. The number of benzene rings is 2. The molecule has 0 atom stereocenters. The van der Waals surface area contributed by atoms with Gasteiger partial charge in [0.05, 0.1) is 7.11 Å². The third-order valence-corrected chi connectivity index (χ3v) is 4.88. The van der Waals surface area contributed by atoms with E-state index in [9.17, 15) is 4.79 Å². The van der Waals surface area contributed by atoms with Crippen molar-refractivity contribution in [3.8, 4) is 5.75 Å². The second-order valence-electron chi connectivity index (χ2n) is 6.52. The first-order chi connectivity index (χ1) is 11.2. The van der Waals surface area contributed by atoms with Crippen molar-refractivity contribution in [2.45, 2.75) is 31.7 Å². The van der Waals surface area contributed by atoms with Crippen LogP contribution in [0.1, 0.15) is 45.8 Å². The molecular formula is C20H21NO2.